The first-order valence-corrected chi connectivity index (χ1v) is 10.1. The monoisotopic (exact) mass is 379 g/mol. The summed E-state index contributed by atoms with van der Waals surface area (Å²) in [6, 6.07) is 6.33. The number of carboxylic acids is 1. The van der Waals surface area contributed by atoms with Gasteiger partial charge in [0.1, 0.15) is 5.75 Å². The van der Waals surface area contributed by atoms with Crippen LogP contribution < -0.4 is 10.1 Å². The smallest absolute Gasteiger partial charge is 0.304 e. The Bertz CT molecular complexity index is 802. The molecular formula is C24H29NO3. The molecule has 0 bridgehead atoms. The van der Waals surface area contributed by atoms with Crippen LogP contribution in [0.1, 0.15) is 43.2 Å². The highest BCUT2D eigenvalue weighted by Crippen LogP contribution is 2.27. The van der Waals surface area contributed by atoms with Gasteiger partial charge in [0.2, 0.25) is 0 Å². The molecule has 0 spiro atoms. The lowest BCUT2D eigenvalue weighted by Crippen LogP contribution is -2.21. The minimum Gasteiger partial charge on any atom is -0.494 e. The summed E-state index contributed by atoms with van der Waals surface area (Å²) in [6.07, 6.45) is 18.3. The van der Waals surface area contributed by atoms with Gasteiger partial charge in [-0.3, -0.25) is 4.79 Å². The molecule has 0 heterocycles. The maximum atomic E-state index is 10.6. The zero-order valence-corrected chi connectivity index (χ0v) is 16.3. The van der Waals surface area contributed by atoms with Gasteiger partial charge >= 0.3 is 5.97 Å². The predicted octanol–water partition coefficient (Wildman–Crippen LogP) is 4.68. The van der Waals surface area contributed by atoms with E-state index in [-0.39, 0.29) is 6.42 Å². The van der Waals surface area contributed by atoms with E-state index in [2.05, 4.69) is 53.9 Å². The summed E-state index contributed by atoms with van der Waals surface area (Å²) in [4.78, 5) is 10.6. The lowest BCUT2D eigenvalue weighted by Gasteiger charge is -2.18. The molecule has 28 heavy (non-hydrogen) atoms. The van der Waals surface area contributed by atoms with Crippen molar-refractivity contribution >= 4 is 12.0 Å². The van der Waals surface area contributed by atoms with Crippen molar-refractivity contribution in [2.75, 3.05) is 19.7 Å². The number of benzene rings is 1. The van der Waals surface area contributed by atoms with E-state index >= 15 is 0 Å². The number of unbranched alkanes of at least 4 members (excludes halogenated alkanes) is 1. The van der Waals surface area contributed by atoms with Gasteiger partial charge in [0.05, 0.1) is 13.0 Å². The van der Waals surface area contributed by atoms with Crippen LogP contribution in [0.15, 0.2) is 59.7 Å². The number of aryl methyl sites for hydroxylation is 1. The van der Waals surface area contributed by atoms with Crippen LogP contribution in [0.4, 0.5) is 0 Å². The number of nitrogens with one attached hydrogen (secondary N) is 1. The molecule has 2 N–H and O–H groups in total. The summed E-state index contributed by atoms with van der Waals surface area (Å²) >= 11 is 0. The Morgan fingerprint density at radius 1 is 1.25 bits per heavy atom. The first kappa shape index (κ1) is 20.2. The molecule has 2 aliphatic carbocycles. The number of rotatable bonds is 10. The third-order valence-corrected chi connectivity index (χ3v) is 4.99. The number of ether oxygens (including phenoxy) is 1. The summed E-state index contributed by atoms with van der Waals surface area (Å²) in [5.74, 6) is 0.186. The van der Waals surface area contributed by atoms with Crippen molar-refractivity contribution in [1.82, 2.24) is 5.32 Å². The molecule has 0 aliphatic heterocycles. The van der Waals surface area contributed by atoms with E-state index in [0.717, 1.165) is 51.0 Å². The Morgan fingerprint density at radius 3 is 3.00 bits per heavy atom. The predicted molar refractivity (Wildman–Crippen MR) is 114 cm³/mol. The number of hydrogen-bond acceptors (Lipinski definition) is 3. The van der Waals surface area contributed by atoms with Crippen LogP contribution in [-0.2, 0) is 11.2 Å². The van der Waals surface area contributed by atoms with E-state index < -0.39 is 5.97 Å². The molecule has 4 heteroatoms. The summed E-state index contributed by atoms with van der Waals surface area (Å²) in [5.41, 5.74) is 5.28. The van der Waals surface area contributed by atoms with Gasteiger partial charge < -0.3 is 15.2 Å². The summed E-state index contributed by atoms with van der Waals surface area (Å²) in [6.45, 7) is 2.00. The van der Waals surface area contributed by atoms with Gasteiger partial charge in [-0.2, -0.15) is 0 Å². The molecule has 0 atom stereocenters. The van der Waals surface area contributed by atoms with Crippen LogP contribution in [0.5, 0.6) is 5.75 Å². The Hall–Kier alpha value is -2.59. The van der Waals surface area contributed by atoms with Gasteiger partial charge in [0, 0.05) is 13.1 Å². The number of hydrogen-bond donors (Lipinski definition) is 2. The molecule has 1 aromatic rings. The van der Waals surface area contributed by atoms with Crippen molar-refractivity contribution in [2.24, 2.45) is 0 Å². The molecule has 0 unspecified atom stereocenters. The average Bonchev–Trinajstić information content (AvgIpc) is 2.71. The van der Waals surface area contributed by atoms with Crippen molar-refractivity contribution in [3.05, 3.63) is 70.9 Å². The minimum absolute atomic E-state index is 0.162. The average molecular weight is 380 g/mol. The van der Waals surface area contributed by atoms with Gasteiger partial charge in [0.25, 0.3) is 0 Å². The standard InChI is InChI=1S/C24H29NO3/c26-24(27)13-14-25-18-20-9-10-22-17-23(12-11-21(22)16-20)28-15-5-4-8-19-6-2-1-3-7-19/h1-3,6,8,11-12,16-17,25H,4-5,7,9-10,13-15,18H2,(H,26,27). The Labute approximate surface area is 167 Å². The van der Waals surface area contributed by atoms with E-state index in [4.69, 9.17) is 9.84 Å². The third-order valence-electron chi connectivity index (χ3n) is 4.99. The van der Waals surface area contributed by atoms with Crippen LogP contribution in [0, 0.1) is 0 Å². The Balaban J connectivity index is 1.42. The number of aliphatic carboxylic acids is 1. The van der Waals surface area contributed by atoms with E-state index in [1.807, 2.05) is 6.07 Å². The van der Waals surface area contributed by atoms with Gasteiger partial charge in [-0.15, -0.1) is 0 Å². The fourth-order valence-electron chi connectivity index (χ4n) is 3.44. The molecule has 0 radical (unpaired) electrons. The second-order valence-corrected chi connectivity index (χ2v) is 7.24. The van der Waals surface area contributed by atoms with Gasteiger partial charge in [-0.25, -0.2) is 0 Å². The van der Waals surface area contributed by atoms with Crippen LogP contribution in [0.2, 0.25) is 0 Å². The number of fused-ring (bicyclic) bond motifs is 1. The zero-order chi connectivity index (χ0) is 19.6. The number of carboxylic acid groups (broad SMARTS) is 1. The maximum absolute atomic E-state index is 10.6. The first-order chi connectivity index (χ1) is 13.7. The molecule has 0 amide bonds. The van der Waals surface area contributed by atoms with Crippen molar-refractivity contribution in [2.45, 2.75) is 38.5 Å². The van der Waals surface area contributed by atoms with Crippen molar-refractivity contribution in [3.63, 3.8) is 0 Å². The normalized spacial score (nSPS) is 16.7. The molecule has 0 fully saturated rings. The molecule has 0 saturated carbocycles. The van der Waals surface area contributed by atoms with Crippen LogP contribution in [-0.4, -0.2) is 30.8 Å². The van der Waals surface area contributed by atoms with Crippen LogP contribution in [0.25, 0.3) is 6.08 Å². The fraction of sp³-hybridized carbons (Fsp3) is 0.375. The van der Waals surface area contributed by atoms with Crippen molar-refractivity contribution in [1.29, 1.82) is 0 Å². The highest BCUT2D eigenvalue weighted by molar-refractivity contribution is 5.67. The largest absolute Gasteiger partial charge is 0.494 e. The molecule has 4 nitrogen and oxygen atoms in total. The summed E-state index contributed by atoms with van der Waals surface area (Å²) < 4.78 is 5.94. The van der Waals surface area contributed by atoms with Gasteiger partial charge in [-0.1, -0.05) is 48.1 Å². The van der Waals surface area contributed by atoms with Gasteiger partial charge in [-0.05, 0) is 60.9 Å². The molecule has 0 saturated heterocycles. The van der Waals surface area contributed by atoms with Crippen LogP contribution in [0.3, 0.4) is 0 Å². The Kier molecular flexibility index (Phi) is 7.68. The first-order valence-electron chi connectivity index (χ1n) is 10.1. The number of allylic oxidation sites excluding steroid dienone is 6. The van der Waals surface area contributed by atoms with E-state index in [1.165, 1.54) is 22.3 Å². The molecular weight excluding hydrogens is 350 g/mol. The summed E-state index contributed by atoms with van der Waals surface area (Å²) in [5, 5.41) is 11.9. The third kappa shape index (κ3) is 6.54. The highest BCUT2D eigenvalue weighted by Gasteiger charge is 2.11. The fourth-order valence-corrected chi connectivity index (χ4v) is 3.44. The van der Waals surface area contributed by atoms with E-state index in [1.54, 1.807) is 0 Å². The van der Waals surface area contributed by atoms with Crippen LogP contribution >= 0.6 is 0 Å². The summed E-state index contributed by atoms with van der Waals surface area (Å²) in [7, 11) is 0. The molecule has 0 aromatic heterocycles. The SMILES string of the molecule is O=C(O)CCNCC1=Cc2ccc(OCCCC=C3C=CC=CC3)cc2CC1. The molecule has 2 aliphatic rings. The van der Waals surface area contributed by atoms with Crippen molar-refractivity contribution < 1.29 is 14.6 Å². The van der Waals surface area contributed by atoms with E-state index in [9.17, 15) is 4.79 Å². The Morgan fingerprint density at radius 2 is 2.18 bits per heavy atom. The molecule has 148 valence electrons. The second-order valence-electron chi connectivity index (χ2n) is 7.24. The minimum atomic E-state index is -0.761. The maximum Gasteiger partial charge on any atom is 0.304 e. The van der Waals surface area contributed by atoms with Crippen molar-refractivity contribution in [3.8, 4) is 5.75 Å². The van der Waals surface area contributed by atoms with Gasteiger partial charge in [0.15, 0.2) is 0 Å². The topological polar surface area (TPSA) is 58.6 Å². The molecule has 3 rings (SSSR count). The second kappa shape index (κ2) is 10.7. The number of carbonyl (C=O) groups is 1. The lowest BCUT2D eigenvalue weighted by molar-refractivity contribution is -0.136. The zero-order valence-electron chi connectivity index (χ0n) is 16.3. The highest BCUT2D eigenvalue weighted by atomic mass is 16.5. The quantitative estimate of drug-likeness (QED) is 0.580. The lowest BCUT2D eigenvalue weighted by atomic mass is 9.92. The van der Waals surface area contributed by atoms with E-state index in [0.29, 0.717) is 6.54 Å². The molecule has 1 aromatic carbocycles.